The molecule has 0 amide bonds. The van der Waals surface area contributed by atoms with E-state index in [0.717, 1.165) is 14.5 Å². The number of hydrogen-bond donors (Lipinski definition) is 0. The molecule has 5 heteroatoms. The highest BCUT2D eigenvalue weighted by Crippen LogP contribution is 2.21. The quantitative estimate of drug-likeness (QED) is 0.688. The van der Waals surface area contributed by atoms with Crippen molar-refractivity contribution in [1.82, 2.24) is 9.78 Å². The smallest absolute Gasteiger partial charge is 0.435 e. The van der Waals surface area contributed by atoms with Crippen molar-refractivity contribution in [2.24, 2.45) is 0 Å². The number of ether oxygens (including phenoxy) is 1. The van der Waals surface area contributed by atoms with Crippen LogP contribution in [-0.4, -0.2) is 21.5 Å². The van der Waals surface area contributed by atoms with Crippen molar-refractivity contribution in [2.75, 3.05) is 0 Å². The standard InChI is InChI=1S/C12H13IN2O2/c1-12(2,3)17-11(16)15-10-8(7-14-15)5-4-6-9(10)13/h4-7H,1-3H3. The van der Waals surface area contributed by atoms with Crippen LogP contribution in [0.3, 0.4) is 0 Å². The lowest BCUT2D eigenvalue weighted by atomic mass is 10.2. The van der Waals surface area contributed by atoms with E-state index >= 15 is 0 Å². The Labute approximate surface area is 113 Å². The van der Waals surface area contributed by atoms with Crippen molar-refractivity contribution < 1.29 is 9.53 Å². The maximum Gasteiger partial charge on any atom is 0.435 e. The predicted molar refractivity (Wildman–Crippen MR) is 74.1 cm³/mol. The van der Waals surface area contributed by atoms with Gasteiger partial charge in [0.25, 0.3) is 0 Å². The molecule has 0 atom stereocenters. The summed E-state index contributed by atoms with van der Waals surface area (Å²) in [6.07, 6.45) is 1.22. The maximum absolute atomic E-state index is 12.0. The number of carbonyl (C=O) groups excluding carboxylic acids is 1. The lowest BCUT2D eigenvalue weighted by Crippen LogP contribution is -2.27. The summed E-state index contributed by atoms with van der Waals surface area (Å²) < 4.78 is 7.59. The number of hydrogen-bond acceptors (Lipinski definition) is 3. The Hall–Kier alpha value is -1.11. The van der Waals surface area contributed by atoms with Gasteiger partial charge in [-0.2, -0.15) is 9.78 Å². The Morgan fingerprint density at radius 1 is 1.41 bits per heavy atom. The SMILES string of the molecule is CC(C)(C)OC(=O)n1ncc2cccc(I)c21. The number of rotatable bonds is 0. The van der Waals surface area contributed by atoms with Crippen LogP contribution in [0.25, 0.3) is 10.9 Å². The zero-order chi connectivity index (χ0) is 12.6. The van der Waals surface area contributed by atoms with Gasteiger partial charge in [0.05, 0.1) is 11.7 Å². The van der Waals surface area contributed by atoms with Crippen molar-refractivity contribution in [1.29, 1.82) is 0 Å². The van der Waals surface area contributed by atoms with Gasteiger partial charge in [0.1, 0.15) is 5.60 Å². The first-order valence-corrected chi connectivity index (χ1v) is 6.32. The number of para-hydroxylation sites is 1. The molecule has 17 heavy (non-hydrogen) atoms. The van der Waals surface area contributed by atoms with E-state index in [1.54, 1.807) is 6.20 Å². The zero-order valence-corrected chi connectivity index (χ0v) is 12.1. The summed E-state index contributed by atoms with van der Waals surface area (Å²) in [5.41, 5.74) is 0.276. The molecule has 0 unspecified atom stereocenters. The summed E-state index contributed by atoms with van der Waals surface area (Å²) in [4.78, 5) is 12.0. The average Bonchev–Trinajstić information content (AvgIpc) is 2.60. The fraction of sp³-hybridized carbons (Fsp3) is 0.333. The summed E-state index contributed by atoms with van der Waals surface area (Å²) in [6.45, 7) is 5.50. The molecule has 0 aliphatic heterocycles. The van der Waals surface area contributed by atoms with E-state index in [0.29, 0.717) is 0 Å². The van der Waals surface area contributed by atoms with E-state index < -0.39 is 11.7 Å². The molecule has 0 spiro atoms. The first-order chi connectivity index (χ1) is 7.88. The normalized spacial score (nSPS) is 11.8. The van der Waals surface area contributed by atoms with Gasteiger partial charge in [-0.25, -0.2) is 4.79 Å². The lowest BCUT2D eigenvalue weighted by molar-refractivity contribution is 0.0522. The number of aromatic nitrogens is 2. The van der Waals surface area contributed by atoms with Crippen LogP contribution >= 0.6 is 22.6 Å². The third kappa shape index (κ3) is 2.59. The number of fused-ring (bicyclic) bond motifs is 1. The Morgan fingerprint density at radius 2 is 2.12 bits per heavy atom. The average molecular weight is 344 g/mol. The van der Waals surface area contributed by atoms with E-state index in [9.17, 15) is 4.79 Å². The fourth-order valence-corrected chi connectivity index (χ4v) is 2.23. The molecule has 2 rings (SSSR count). The molecule has 4 nitrogen and oxygen atoms in total. The van der Waals surface area contributed by atoms with Crippen LogP contribution in [0.4, 0.5) is 4.79 Å². The molecule has 0 radical (unpaired) electrons. The number of benzene rings is 1. The Balaban J connectivity index is 2.46. The van der Waals surface area contributed by atoms with Gasteiger partial charge in [0, 0.05) is 8.96 Å². The summed E-state index contributed by atoms with van der Waals surface area (Å²) in [5.74, 6) is 0. The Bertz CT molecular complexity index is 569. The number of halogens is 1. The minimum atomic E-state index is -0.518. The van der Waals surface area contributed by atoms with E-state index in [1.165, 1.54) is 4.68 Å². The molecular weight excluding hydrogens is 331 g/mol. The lowest BCUT2D eigenvalue weighted by Gasteiger charge is -2.19. The summed E-state index contributed by atoms with van der Waals surface area (Å²) in [7, 11) is 0. The summed E-state index contributed by atoms with van der Waals surface area (Å²) in [5, 5.41) is 5.01. The molecule has 0 bridgehead atoms. The fourth-order valence-electron chi connectivity index (χ4n) is 1.48. The van der Waals surface area contributed by atoms with Crippen molar-refractivity contribution in [3.63, 3.8) is 0 Å². The van der Waals surface area contributed by atoms with E-state index in [1.807, 2.05) is 39.0 Å². The van der Waals surface area contributed by atoms with Crippen LogP contribution in [0.5, 0.6) is 0 Å². The van der Waals surface area contributed by atoms with Crippen molar-refractivity contribution >= 4 is 39.6 Å². The second kappa shape index (κ2) is 4.29. The molecule has 90 valence electrons. The van der Waals surface area contributed by atoms with Crippen LogP contribution in [0.2, 0.25) is 0 Å². The van der Waals surface area contributed by atoms with Crippen LogP contribution in [0.1, 0.15) is 20.8 Å². The maximum atomic E-state index is 12.0. The van der Waals surface area contributed by atoms with Gasteiger partial charge in [-0.15, -0.1) is 0 Å². The monoisotopic (exact) mass is 344 g/mol. The van der Waals surface area contributed by atoms with Gasteiger partial charge in [-0.05, 0) is 49.4 Å². The van der Waals surface area contributed by atoms with Crippen LogP contribution in [-0.2, 0) is 4.74 Å². The molecule has 1 aromatic heterocycles. The largest absolute Gasteiger partial charge is 0.442 e. The summed E-state index contributed by atoms with van der Waals surface area (Å²) in [6, 6.07) is 5.79. The van der Waals surface area contributed by atoms with Gasteiger partial charge in [0.2, 0.25) is 0 Å². The van der Waals surface area contributed by atoms with Gasteiger partial charge in [-0.3, -0.25) is 0 Å². The van der Waals surface area contributed by atoms with E-state index in [4.69, 9.17) is 4.74 Å². The predicted octanol–water partition coefficient (Wildman–Crippen LogP) is 3.42. The van der Waals surface area contributed by atoms with Crippen LogP contribution in [0.15, 0.2) is 24.4 Å². The van der Waals surface area contributed by atoms with Gasteiger partial charge < -0.3 is 4.74 Å². The molecule has 0 saturated heterocycles. The molecule has 1 heterocycles. The second-order valence-corrected chi connectivity index (χ2v) is 5.88. The van der Waals surface area contributed by atoms with Crippen LogP contribution < -0.4 is 0 Å². The van der Waals surface area contributed by atoms with E-state index in [2.05, 4.69) is 27.7 Å². The first kappa shape index (κ1) is 12.3. The molecule has 0 aliphatic carbocycles. The van der Waals surface area contributed by atoms with E-state index in [-0.39, 0.29) is 0 Å². The van der Waals surface area contributed by atoms with Gasteiger partial charge in [-0.1, -0.05) is 12.1 Å². The van der Waals surface area contributed by atoms with Gasteiger partial charge in [0.15, 0.2) is 0 Å². The minimum Gasteiger partial charge on any atom is -0.442 e. The summed E-state index contributed by atoms with van der Waals surface area (Å²) >= 11 is 2.18. The molecule has 2 aromatic rings. The topological polar surface area (TPSA) is 44.1 Å². The first-order valence-electron chi connectivity index (χ1n) is 5.24. The minimum absolute atomic E-state index is 0.448. The van der Waals surface area contributed by atoms with Crippen molar-refractivity contribution in [2.45, 2.75) is 26.4 Å². The van der Waals surface area contributed by atoms with Crippen LogP contribution in [0, 0.1) is 3.57 Å². The second-order valence-electron chi connectivity index (χ2n) is 4.71. The highest BCUT2D eigenvalue weighted by Gasteiger charge is 2.20. The molecule has 0 N–H and O–H groups in total. The third-order valence-corrected chi connectivity index (χ3v) is 2.98. The highest BCUT2D eigenvalue weighted by atomic mass is 127. The third-order valence-electron chi connectivity index (χ3n) is 2.11. The molecular formula is C12H13IN2O2. The zero-order valence-electron chi connectivity index (χ0n) is 9.90. The van der Waals surface area contributed by atoms with Crippen molar-refractivity contribution in [3.05, 3.63) is 28.0 Å². The highest BCUT2D eigenvalue weighted by molar-refractivity contribution is 14.1. The Kier molecular flexibility index (Phi) is 3.11. The van der Waals surface area contributed by atoms with Crippen molar-refractivity contribution in [3.8, 4) is 0 Å². The number of nitrogens with zero attached hydrogens (tertiary/aromatic N) is 2. The Morgan fingerprint density at radius 3 is 2.76 bits per heavy atom. The molecule has 0 aliphatic rings. The molecule has 0 saturated carbocycles. The van der Waals surface area contributed by atoms with Gasteiger partial charge >= 0.3 is 6.09 Å². The molecule has 1 aromatic carbocycles. The number of carbonyl (C=O) groups is 1. The molecule has 0 fully saturated rings.